The number of ether oxygens (including phenoxy) is 5. The fourth-order valence-corrected chi connectivity index (χ4v) is 3.55. The first-order valence-electron chi connectivity index (χ1n) is 8.68. The van der Waals surface area contributed by atoms with Gasteiger partial charge in [0.1, 0.15) is 11.7 Å². The fourth-order valence-electron chi connectivity index (χ4n) is 3.55. The second-order valence-corrected chi connectivity index (χ2v) is 6.58. The zero-order valence-electron chi connectivity index (χ0n) is 15.4. The number of methoxy groups -OCH3 is 1. The van der Waals surface area contributed by atoms with Crippen LogP contribution in [0.3, 0.4) is 0 Å². The number of rotatable bonds is 5. The van der Waals surface area contributed by atoms with Gasteiger partial charge in [0.05, 0.1) is 5.56 Å². The molecule has 0 radical (unpaired) electrons. The highest BCUT2D eigenvalue weighted by Crippen LogP contribution is 2.50. The second kappa shape index (κ2) is 7.66. The van der Waals surface area contributed by atoms with Gasteiger partial charge in [-0.1, -0.05) is 18.2 Å². The van der Waals surface area contributed by atoms with Crippen molar-refractivity contribution in [3.63, 3.8) is 0 Å². The predicted molar refractivity (Wildman–Crippen MR) is 90.6 cm³/mol. The number of carbonyl (C=O) groups excluding carboxylic acids is 3. The summed E-state index contributed by atoms with van der Waals surface area (Å²) in [7, 11) is 1.40. The van der Waals surface area contributed by atoms with Gasteiger partial charge >= 0.3 is 17.9 Å². The van der Waals surface area contributed by atoms with Crippen molar-refractivity contribution in [1.82, 2.24) is 0 Å². The molecule has 0 bridgehead atoms. The second-order valence-electron chi connectivity index (χ2n) is 6.58. The quantitative estimate of drug-likeness (QED) is 0.563. The van der Waals surface area contributed by atoms with Crippen LogP contribution in [0.5, 0.6) is 0 Å². The molecule has 1 aromatic rings. The summed E-state index contributed by atoms with van der Waals surface area (Å²) in [6.07, 6.45) is -2.49. The van der Waals surface area contributed by atoms with Gasteiger partial charge in [-0.05, 0) is 25.0 Å². The number of esters is 3. The first-order valence-corrected chi connectivity index (χ1v) is 8.68. The summed E-state index contributed by atoms with van der Waals surface area (Å²) in [5.41, 5.74) is -0.710. The molecule has 27 heavy (non-hydrogen) atoms. The lowest BCUT2D eigenvalue weighted by molar-refractivity contribution is -0.245. The molecule has 8 nitrogen and oxygen atoms in total. The van der Waals surface area contributed by atoms with Crippen molar-refractivity contribution in [2.24, 2.45) is 0 Å². The largest absolute Gasteiger partial charge is 0.456 e. The molecule has 8 heteroatoms. The highest BCUT2D eigenvalue weighted by Gasteiger charge is 2.68. The van der Waals surface area contributed by atoms with Crippen LogP contribution >= 0.6 is 0 Å². The lowest BCUT2D eigenvalue weighted by atomic mass is 9.72. The third kappa shape index (κ3) is 3.68. The molecule has 2 fully saturated rings. The summed E-state index contributed by atoms with van der Waals surface area (Å²) in [4.78, 5) is 35.6. The molecular formula is C19H22O8. The van der Waals surface area contributed by atoms with E-state index in [0.717, 1.165) is 0 Å². The predicted octanol–water partition coefficient (Wildman–Crippen LogP) is 1.61. The van der Waals surface area contributed by atoms with Crippen LogP contribution in [-0.2, 0) is 33.3 Å². The van der Waals surface area contributed by atoms with Gasteiger partial charge in [-0.15, -0.1) is 0 Å². The third-order valence-corrected chi connectivity index (χ3v) is 4.81. The molecule has 0 N–H and O–H groups in total. The standard InChI is InChI=1S/C19H22O8/c1-11(20)24-15-16(25-12(2)21)19(27-18(15)23-3)10-9-14(19)26-17(22)13-7-5-4-6-8-13/h4-8,14-16,18H,9-10H2,1-3H3/t14-,15?,16?,18?,19-/m1/s1. The molecule has 1 saturated carbocycles. The normalized spacial score (nSPS) is 31.8. The molecular weight excluding hydrogens is 356 g/mol. The van der Waals surface area contributed by atoms with Crippen LogP contribution in [0.2, 0.25) is 0 Å². The van der Waals surface area contributed by atoms with E-state index < -0.39 is 48.1 Å². The molecule has 146 valence electrons. The van der Waals surface area contributed by atoms with E-state index in [4.69, 9.17) is 23.7 Å². The number of carbonyl (C=O) groups is 3. The topological polar surface area (TPSA) is 97.4 Å². The van der Waals surface area contributed by atoms with Crippen molar-refractivity contribution in [2.45, 2.75) is 56.9 Å². The Labute approximate surface area is 156 Å². The molecule has 5 atom stereocenters. The van der Waals surface area contributed by atoms with Crippen LogP contribution in [-0.4, -0.2) is 55.2 Å². The lowest BCUT2D eigenvalue weighted by Crippen LogP contribution is -2.62. The molecule has 1 aromatic carbocycles. The van der Waals surface area contributed by atoms with Gasteiger partial charge in [0.25, 0.3) is 0 Å². The molecule has 1 heterocycles. The van der Waals surface area contributed by atoms with Gasteiger partial charge in [-0.3, -0.25) is 9.59 Å². The van der Waals surface area contributed by atoms with Crippen LogP contribution in [0.4, 0.5) is 0 Å². The minimum absolute atomic E-state index is 0.404. The van der Waals surface area contributed by atoms with Crippen molar-refractivity contribution in [3.05, 3.63) is 35.9 Å². The van der Waals surface area contributed by atoms with E-state index in [1.54, 1.807) is 30.3 Å². The average molecular weight is 378 g/mol. The lowest BCUT2D eigenvalue weighted by Gasteiger charge is -2.47. The Morgan fingerprint density at radius 3 is 2.22 bits per heavy atom. The van der Waals surface area contributed by atoms with Crippen LogP contribution < -0.4 is 0 Å². The minimum Gasteiger partial charge on any atom is -0.456 e. The molecule has 2 aliphatic rings. The third-order valence-electron chi connectivity index (χ3n) is 4.81. The van der Waals surface area contributed by atoms with Crippen molar-refractivity contribution in [2.75, 3.05) is 7.11 Å². The van der Waals surface area contributed by atoms with Gasteiger partial charge in [-0.25, -0.2) is 4.79 Å². The number of benzene rings is 1. The van der Waals surface area contributed by atoms with Crippen LogP contribution in [0.1, 0.15) is 37.0 Å². The van der Waals surface area contributed by atoms with Crippen molar-refractivity contribution < 1.29 is 38.1 Å². The molecule has 3 unspecified atom stereocenters. The Hall–Kier alpha value is -2.45. The molecule has 1 saturated heterocycles. The van der Waals surface area contributed by atoms with Gasteiger partial charge in [0.2, 0.25) is 0 Å². The Morgan fingerprint density at radius 1 is 1.04 bits per heavy atom. The van der Waals surface area contributed by atoms with Crippen LogP contribution in [0, 0.1) is 0 Å². The fraction of sp³-hybridized carbons (Fsp3) is 0.526. The van der Waals surface area contributed by atoms with Crippen LogP contribution in [0.15, 0.2) is 30.3 Å². The summed E-state index contributed by atoms with van der Waals surface area (Å²) in [6.45, 7) is 2.50. The SMILES string of the molecule is COC1O[C@@]2(CC[C@H]2OC(=O)c2ccccc2)C(OC(C)=O)C1OC(C)=O. The summed E-state index contributed by atoms with van der Waals surface area (Å²) in [6, 6.07) is 8.56. The molecule has 1 aliphatic carbocycles. The maximum atomic E-state index is 12.4. The monoisotopic (exact) mass is 378 g/mol. The zero-order chi connectivity index (χ0) is 19.6. The molecule has 1 spiro atoms. The van der Waals surface area contributed by atoms with E-state index in [1.165, 1.54) is 21.0 Å². The Kier molecular flexibility index (Phi) is 5.48. The van der Waals surface area contributed by atoms with Crippen LogP contribution in [0.25, 0.3) is 0 Å². The van der Waals surface area contributed by atoms with Crippen molar-refractivity contribution >= 4 is 17.9 Å². The Morgan fingerprint density at radius 2 is 1.70 bits per heavy atom. The Bertz CT molecular complexity index is 718. The maximum Gasteiger partial charge on any atom is 0.338 e. The van der Waals surface area contributed by atoms with E-state index in [0.29, 0.717) is 18.4 Å². The average Bonchev–Trinajstić information content (AvgIpc) is 2.94. The van der Waals surface area contributed by atoms with Crippen molar-refractivity contribution in [3.8, 4) is 0 Å². The highest BCUT2D eigenvalue weighted by atomic mass is 16.7. The highest BCUT2D eigenvalue weighted by molar-refractivity contribution is 5.89. The maximum absolute atomic E-state index is 12.4. The van der Waals surface area contributed by atoms with Crippen molar-refractivity contribution in [1.29, 1.82) is 0 Å². The van der Waals surface area contributed by atoms with Gasteiger partial charge < -0.3 is 23.7 Å². The van der Waals surface area contributed by atoms with E-state index >= 15 is 0 Å². The number of hydrogen-bond donors (Lipinski definition) is 0. The van der Waals surface area contributed by atoms with E-state index in [2.05, 4.69) is 0 Å². The molecule has 3 rings (SSSR count). The smallest absolute Gasteiger partial charge is 0.338 e. The minimum atomic E-state index is -1.11. The van der Waals surface area contributed by atoms with Gasteiger partial charge in [-0.2, -0.15) is 0 Å². The van der Waals surface area contributed by atoms with Gasteiger partial charge in [0.15, 0.2) is 18.5 Å². The molecule has 0 amide bonds. The van der Waals surface area contributed by atoms with Gasteiger partial charge in [0, 0.05) is 21.0 Å². The summed E-state index contributed by atoms with van der Waals surface area (Å²) < 4.78 is 27.6. The van der Waals surface area contributed by atoms with E-state index in [-0.39, 0.29) is 0 Å². The summed E-state index contributed by atoms with van der Waals surface area (Å²) >= 11 is 0. The number of hydrogen-bond acceptors (Lipinski definition) is 8. The first kappa shape index (κ1) is 19.3. The first-order chi connectivity index (χ1) is 12.9. The summed E-state index contributed by atoms with van der Waals surface area (Å²) in [5.74, 6) is -1.62. The zero-order valence-corrected chi connectivity index (χ0v) is 15.4. The molecule has 0 aromatic heterocycles. The summed E-state index contributed by atoms with van der Waals surface area (Å²) in [5, 5.41) is 0. The Balaban J connectivity index is 1.83. The molecule has 1 aliphatic heterocycles. The van der Waals surface area contributed by atoms with E-state index in [9.17, 15) is 14.4 Å². The van der Waals surface area contributed by atoms with E-state index in [1.807, 2.05) is 0 Å².